The molecule has 0 spiro atoms. The second kappa shape index (κ2) is 10.1. The number of benzene rings is 1. The Morgan fingerprint density at radius 1 is 1.13 bits per heavy atom. The molecule has 1 aromatic rings. The number of rotatable bonds is 4. The Balaban J connectivity index is 1.50. The minimum atomic E-state index is -0.535. The fraction of sp³-hybridized carbons (Fsp3) is 0.625. The van der Waals surface area contributed by atoms with Crippen LogP contribution in [0.1, 0.15) is 57.6 Å². The zero-order valence-corrected chi connectivity index (χ0v) is 18.9. The van der Waals surface area contributed by atoms with Crippen LogP contribution in [0.15, 0.2) is 24.3 Å². The second-order valence-electron chi connectivity index (χ2n) is 9.66. The molecule has 2 aliphatic heterocycles. The lowest BCUT2D eigenvalue weighted by Gasteiger charge is -2.36. The number of likely N-dealkylation sites (tertiary alicyclic amines) is 2. The summed E-state index contributed by atoms with van der Waals surface area (Å²) in [7, 11) is 0. The largest absolute Gasteiger partial charge is 0.444 e. The Bertz CT molecular complexity index is 810. The van der Waals surface area contributed by atoms with Gasteiger partial charge in [0.1, 0.15) is 5.60 Å². The smallest absolute Gasteiger partial charge is 0.410 e. The van der Waals surface area contributed by atoms with Gasteiger partial charge in [0.15, 0.2) is 0 Å². The Morgan fingerprint density at radius 3 is 2.52 bits per heavy atom. The van der Waals surface area contributed by atoms with Gasteiger partial charge in [0.05, 0.1) is 17.6 Å². The van der Waals surface area contributed by atoms with Gasteiger partial charge in [-0.2, -0.15) is 5.26 Å². The molecule has 2 heterocycles. The molecule has 0 aromatic heterocycles. The Kier molecular flexibility index (Phi) is 7.55. The maximum atomic E-state index is 12.9. The standard InChI is InChI=1S/C24H34N4O3/c1-24(2,3)31-23(30)28-13-4-6-20(16-28)22(29)26-21-7-5-12-27(17-21)15-19-10-8-18(14-25)9-11-19/h8-11,20-21H,4-7,12-13,15-17H2,1-3H3,(H,26,29)/t20-,21+/m1/s1. The van der Waals surface area contributed by atoms with Gasteiger partial charge in [-0.05, 0) is 70.7 Å². The summed E-state index contributed by atoms with van der Waals surface area (Å²) in [5, 5.41) is 12.2. The van der Waals surface area contributed by atoms with E-state index in [1.807, 2.05) is 45.0 Å². The summed E-state index contributed by atoms with van der Waals surface area (Å²) in [4.78, 5) is 29.3. The minimum absolute atomic E-state index is 0.0403. The van der Waals surface area contributed by atoms with E-state index in [0.29, 0.717) is 18.7 Å². The van der Waals surface area contributed by atoms with Crippen molar-refractivity contribution in [2.24, 2.45) is 5.92 Å². The number of nitrogens with zero attached hydrogens (tertiary/aromatic N) is 3. The average molecular weight is 427 g/mol. The van der Waals surface area contributed by atoms with E-state index in [-0.39, 0.29) is 24.0 Å². The minimum Gasteiger partial charge on any atom is -0.444 e. The monoisotopic (exact) mass is 426 g/mol. The van der Waals surface area contributed by atoms with Gasteiger partial charge in [0, 0.05) is 32.2 Å². The van der Waals surface area contributed by atoms with Gasteiger partial charge in [-0.15, -0.1) is 0 Å². The van der Waals surface area contributed by atoms with Crippen molar-refractivity contribution in [3.63, 3.8) is 0 Å². The molecule has 3 rings (SSSR count). The van der Waals surface area contributed by atoms with Gasteiger partial charge >= 0.3 is 6.09 Å². The summed E-state index contributed by atoms with van der Waals surface area (Å²) in [6.45, 7) is 9.25. The van der Waals surface area contributed by atoms with Crippen molar-refractivity contribution in [1.82, 2.24) is 15.1 Å². The molecule has 0 radical (unpaired) electrons. The molecular formula is C24H34N4O3. The van der Waals surface area contributed by atoms with Gasteiger partial charge in [0.25, 0.3) is 0 Å². The van der Waals surface area contributed by atoms with Crippen LogP contribution < -0.4 is 5.32 Å². The van der Waals surface area contributed by atoms with Crippen LogP contribution in [0, 0.1) is 17.2 Å². The lowest BCUT2D eigenvalue weighted by molar-refractivity contribution is -0.127. The van der Waals surface area contributed by atoms with Crippen LogP contribution in [0.3, 0.4) is 0 Å². The Morgan fingerprint density at radius 2 is 1.84 bits per heavy atom. The molecule has 1 N–H and O–H groups in total. The third-order valence-corrected chi connectivity index (χ3v) is 5.78. The number of hydrogen-bond acceptors (Lipinski definition) is 5. The molecule has 168 valence electrons. The summed E-state index contributed by atoms with van der Waals surface area (Å²) >= 11 is 0. The molecule has 0 aliphatic carbocycles. The highest BCUT2D eigenvalue weighted by molar-refractivity contribution is 5.80. The number of carbonyl (C=O) groups excluding carboxylic acids is 2. The van der Waals surface area contributed by atoms with E-state index >= 15 is 0 Å². The van der Waals surface area contributed by atoms with E-state index in [9.17, 15) is 9.59 Å². The summed E-state index contributed by atoms with van der Waals surface area (Å²) < 4.78 is 5.47. The zero-order chi connectivity index (χ0) is 22.4. The highest BCUT2D eigenvalue weighted by atomic mass is 16.6. The number of ether oxygens (including phenoxy) is 1. The van der Waals surface area contributed by atoms with E-state index in [0.717, 1.165) is 45.3 Å². The summed E-state index contributed by atoms with van der Waals surface area (Å²) in [5.41, 5.74) is 1.30. The molecule has 0 unspecified atom stereocenters. The third kappa shape index (κ3) is 6.96. The molecule has 0 bridgehead atoms. The van der Waals surface area contributed by atoms with E-state index in [1.165, 1.54) is 5.56 Å². The SMILES string of the molecule is CC(C)(C)OC(=O)N1CCC[C@@H](C(=O)N[C@H]2CCCN(Cc3ccc(C#N)cc3)C2)C1. The normalized spacial score (nSPS) is 22.5. The maximum absolute atomic E-state index is 12.9. The molecule has 2 amide bonds. The number of hydrogen-bond donors (Lipinski definition) is 1. The van der Waals surface area contributed by atoms with Gasteiger partial charge in [-0.1, -0.05) is 12.1 Å². The van der Waals surface area contributed by atoms with Gasteiger partial charge in [-0.25, -0.2) is 4.79 Å². The van der Waals surface area contributed by atoms with Crippen LogP contribution in [-0.2, 0) is 16.1 Å². The molecule has 2 fully saturated rings. The van der Waals surface area contributed by atoms with Crippen molar-refractivity contribution in [2.75, 3.05) is 26.2 Å². The van der Waals surface area contributed by atoms with Crippen LogP contribution in [0.2, 0.25) is 0 Å². The number of nitriles is 1. The van der Waals surface area contributed by atoms with Crippen molar-refractivity contribution in [3.8, 4) is 6.07 Å². The predicted octanol–water partition coefficient (Wildman–Crippen LogP) is 3.29. The molecule has 2 atom stereocenters. The highest BCUT2D eigenvalue weighted by Gasteiger charge is 2.32. The first-order valence-electron chi connectivity index (χ1n) is 11.2. The second-order valence-corrected chi connectivity index (χ2v) is 9.66. The summed E-state index contributed by atoms with van der Waals surface area (Å²) in [6.07, 6.45) is 3.28. The lowest BCUT2D eigenvalue weighted by atomic mass is 9.96. The van der Waals surface area contributed by atoms with Crippen molar-refractivity contribution in [1.29, 1.82) is 5.26 Å². The number of carbonyl (C=O) groups is 2. The van der Waals surface area contributed by atoms with E-state index in [2.05, 4.69) is 16.3 Å². The molecule has 31 heavy (non-hydrogen) atoms. The van der Waals surface area contributed by atoms with E-state index in [1.54, 1.807) is 4.90 Å². The van der Waals surface area contributed by atoms with Crippen molar-refractivity contribution >= 4 is 12.0 Å². The quantitative estimate of drug-likeness (QED) is 0.799. The third-order valence-electron chi connectivity index (χ3n) is 5.78. The van der Waals surface area contributed by atoms with Crippen LogP contribution >= 0.6 is 0 Å². The van der Waals surface area contributed by atoms with Crippen LogP contribution in [0.4, 0.5) is 4.79 Å². The zero-order valence-electron chi connectivity index (χ0n) is 18.9. The van der Waals surface area contributed by atoms with Crippen molar-refractivity contribution < 1.29 is 14.3 Å². The molecule has 2 aliphatic rings. The summed E-state index contributed by atoms with van der Waals surface area (Å²) in [6, 6.07) is 9.95. The first kappa shape index (κ1) is 23.1. The first-order chi connectivity index (χ1) is 14.7. The Hall–Kier alpha value is -2.59. The van der Waals surface area contributed by atoms with Crippen LogP contribution in [0.5, 0.6) is 0 Å². The highest BCUT2D eigenvalue weighted by Crippen LogP contribution is 2.21. The fourth-order valence-electron chi connectivity index (χ4n) is 4.26. The Labute approximate surface area is 185 Å². The average Bonchev–Trinajstić information content (AvgIpc) is 2.73. The van der Waals surface area contributed by atoms with Crippen LogP contribution in [-0.4, -0.2) is 59.6 Å². The number of nitrogens with one attached hydrogen (secondary N) is 1. The fourth-order valence-corrected chi connectivity index (χ4v) is 4.26. The van der Waals surface area contributed by atoms with E-state index in [4.69, 9.17) is 10.00 Å². The maximum Gasteiger partial charge on any atom is 0.410 e. The van der Waals surface area contributed by atoms with Gasteiger partial charge in [-0.3, -0.25) is 9.69 Å². The van der Waals surface area contributed by atoms with E-state index < -0.39 is 5.60 Å². The predicted molar refractivity (Wildman–Crippen MR) is 118 cm³/mol. The van der Waals surface area contributed by atoms with Gasteiger partial charge < -0.3 is 15.0 Å². The molecule has 7 nitrogen and oxygen atoms in total. The number of amides is 2. The van der Waals surface area contributed by atoms with Crippen molar-refractivity contribution in [2.45, 2.75) is 64.6 Å². The number of piperidine rings is 2. The topological polar surface area (TPSA) is 85.7 Å². The molecular weight excluding hydrogens is 392 g/mol. The summed E-state index contributed by atoms with van der Waals surface area (Å²) in [5.74, 6) is -0.145. The molecule has 7 heteroatoms. The van der Waals surface area contributed by atoms with Crippen LogP contribution in [0.25, 0.3) is 0 Å². The molecule has 0 saturated carbocycles. The molecule has 2 saturated heterocycles. The van der Waals surface area contributed by atoms with Gasteiger partial charge in [0.2, 0.25) is 5.91 Å². The first-order valence-corrected chi connectivity index (χ1v) is 11.2. The molecule has 1 aromatic carbocycles. The lowest BCUT2D eigenvalue weighted by Crippen LogP contribution is -2.52. The van der Waals surface area contributed by atoms with Crippen molar-refractivity contribution in [3.05, 3.63) is 35.4 Å².